The van der Waals surface area contributed by atoms with Crippen LogP contribution in [0.25, 0.3) is 0 Å². The van der Waals surface area contributed by atoms with E-state index in [0.29, 0.717) is 0 Å². The van der Waals surface area contributed by atoms with Crippen LogP contribution in [-0.4, -0.2) is 14.2 Å². The molecule has 106 valence electrons. The van der Waals surface area contributed by atoms with Crippen LogP contribution in [0.5, 0.6) is 5.75 Å². The van der Waals surface area contributed by atoms with Gasteiger partial charge in [-0.05, 0) is 31.7 Å². The van der Waals surface area contributed by atoms with Crippen molar-refractivity contribution in [2.24, 2.45) is 0 Å². The minimum atomic E-state index is 0.268. The van der Waals surface area contributed by atoms with Crippen molar-refractivity contribution in [3.05, 3.63) is 59.7 Å². The Balaban J connectivity index is 2.22. The molecular formula is C17H21NOS. The number of hydrogen-bond donors (Lipinski definition) is 1. The molecule has 0 fully saturated rings. The predicted octanol–water partition coefficient (Wildman–Crippen LogP) is 4.27. The lowest BCUT2D eigenvalue weighted by Crippen LogP contribution is -2.14. The highest BCUT2D eigenvalue weighted by atomic mass is 32.2. The van der Waals surface area contributed by atoms with Gasteiger partial charge < -0.3 is 10.1 Å². The van der Waals surface area contributed by atoms with E-state index in [1.165, 1.54) is 16.0 Å². The van der Waals surface area contributed by atoms with Gasteiger partial charge in [0.15, 0.2) is 0 Å². The largest absolute Gasteiger partial charge is 0.496 e. The second kappa shape index (κ2) is 7.36. The molecule has 0 radical (unpaired) electrons. The summed E-state index contributed by atoms with van der Waals surface area (Å²) in [5.74, 6) is 1.92. The van der Waals surface area contributed by atoms with Gasteiger partial charge in [0.05, 0.1) is 7.11 Å². The van der Waals surface area contributed by atoms with E-state index in [0.717, 1.165) is 11.5 Å². The van der Waals surface area contributed by atoms with Crippen molar-refractivity contribution in [1.29, 1.82) is 0 Å². The van der Waals surface area contributed by atoms with Crippen LogP contribution in [0.15, 0.2) is 53.4 Å². The third kappa shape index (κ3) is 3.56. The number of nitrogens with one attached hydrogen (secondary N) is 1. The zero-order valence-electron chi connectivity index (χ0n) is 12.2. The smallest absolute Gasteiger partial charge is 0.124 e. The highest BCUT2D eigenvalue weighted by molar-refractivity contribution is 7.98. The molecule has 2 rings (SSSR count). The van der Waals surface area contributed by atoms with Gasteiger partial charge in [-0.1, -0.05) is 36.4 Å². The molecule has 20 heavy (non-hydrogen) atoms. The Morgan fingerprint density at radius 2 is 1.85 bits per heavy atom. The second-order valence-electron chi connectivity index (χ2n) is 4.66. The average molecular weight is 287 g/mol. The molecule has 0 saturated heterocycles. The van der Waals surface area contributed by atoms with Crippen molar-refractivity contribution in [3.8, 4) is 5.75 Å². The van der Waals surface area contributed by atoms with Crippen molar-refractivity contribution < 1.29 is 4.74 Å². The van der Waals surface area contributed by atoms with E-state index in [1.54, 1.807) is 7.11 Å². The van der Waals surface area contributed by atoms with E-state index < -0.39 is 0 Å². The molecule has 0 aliphatic heterocycles. The van der Waals surface area contributed by atoms with E-state index in [1.807, 2.05) is 30.9 Å². The van der Waals surface area contributed by atoms with Crippen molar-refractivity contribution >= 4 is 11.8 Å². The topological polar surface area (TPSA) is 21.3 Å². The summed E-state index contributed by atoms with van der Waals surface area (Å²) >= 11 is 1.85. The number of rotatable bonds is 6. The van der Waals surface area contributed by atoms with Crippen LogP contribution in [0.2, 0.25) is 0 Å². The molecule has 2 aromatic carbocycles. The first-order chi connectivity index (χ1) is 9.76. The molecule has 2 nitrogen and oxygen atoms in total. The standard InChI is InChI=1S/C17H21NOS/c1-13(18-2)17-15(19-3)10-7-11-16(17)20-12-14-8-5-4-6-9-14/h4-11,13,18H,12H2,1-3H3. The molecule has 0 bridgehead atoms. The summed E-state index contributed by atoms with van der Waals surface area (Å²) in [4.78, 5) is 1.27. The van der Waals surface area contributed by atoms with Gasteiger partial charge in [0, 0.05) is 22.3 Å². The third-order valence-corrected chi connectivity index (χ3v) is 4.49. The maximum absolute atomic E-state index is 5.51. The van der Waals surface area contributed by atoms with Crippen LogP contribution >= 0.6 is 11.8 Å². The summed E-state index contributed by atoms with van der Waals surface area (Å²) in [6.45, 7) is 2.16. The molecule has 0 aliphatic carbocycles. The molecule has 1 N–H and O–H groups in total. The number of benzene rings is 2. The zero-order chi connectivity index (χ0) is 14.4. The lowest BCUT2D eigenvalue weighted by Gasteiger charge is -2.19. The summed E-state index contributed by atoms with van der Waals surface area (Å²) in [7, 11) is 3.70. The Labute approximate surface area is 125 Å². The molecule has 0 heterocycles. The fourth-order valence-electron chi connectivity index (χ4n) is 2.13. The van der Waals surface area contributed by atoms with Crippen molar-refractivity contribution in [2.45, 2.75) is 23.6 Å². The van der Waals surface area contributed by atoms with Crippen molar-refractivity contribution in [1.82, 2.24) is 5.32 Å². The highest BCUT2D eigenvalue weighted by Gasteiger charge is 2.15. The zero-order valence-corrected chi connectivity index (χ0v) is 13.0. The molecule has 0 aromatic heterocycles. The van der Waals surface area contributed by atoms with Crippen molar-refractivity contribution in [2.75, 3.05) is 14.2 Å². The average Bonchev–Trinajstić information content (AvgIpc) is 2.52. The fourth-order valence-corrected chi connectivity index (χ4v) is 3.26. The SMILES string of the molecule is CNC(C)c1c(OC)cccc1SCc1ccccc1. The van der Waals surface area contributed by atoms with E-state index in [-0.39, 0.29) is 6.04 Å². The van der Waals surface area contributed by atoms with E-state index >= 15 is 0 Å². The normalized spacial score (nSPS) is 12.2. The lowest BCUT2D eigenvalue weighted by atomic mass is 10.1. The minimum absolute atomic E-state index is 0.268. The first-order valence-corrected chi connectivity index (χ1v) is 7.75. The van der Waals surface area contributed by atoms with Crippen LogP contribution in [0.1, 0.15) is 24.1 Å². The Morgan fingerprint density at radius 3 is 2.50 bits per heavy atom. The van der Waals surface area contributed by atoms with Crippen molar-refractivity contribution in [3.63, 3.8) is 0 Å². The summed E-state index contributed by atoms with van der Waals surface area (Å²) in [6, 6.07) is 17.0. The first kappa shape index (κ1) is 14.9. The molecule has 3 heteroatoms. The maximum Gasteiger partial charge on any atom is 0.124 e. The molecule has 2 aromatic rings. The highest BCUT2D eigenvalue weighted by Crippen LogP contribution is 2.36. The first-order valence-electron chi connectivity index (χ1n) is 6.77. The predicted molar refractivity (Wildman–Crippen MR) is 86.5 cm³/mol. The number of methoxy groups -OCH3 is 1. The van der Waals surface area contributed by atoms with Gasteiger partial charge in [0.1, 0.15) is 5.75 Å². The van der Waals surface area contributed by atoms with E-state index in [4.69, 9.17) is 4.74 Å². The van der Waals surface area contributed by atoms with Gasteiger partial charge in [0.25, 0.3) is 0 Å². The summed E-state index contributed by atoms with van der Waals surface area (Å²) < 4.78 is 5.51. The number of ether oxygens (including phenoxy) is 1. The number of thioether (sulfide) groups is 1. The number of hydrogen-bond acceptors (Lipinski definition) is 3. The molecule has 0 saturated carbocycles. The molecule has 1 atom stereocenters. The van der Waals surface area contributed by atoms with Crippen LogP contribution in [0.3, 0.4) is 0 Å². The van der Waals surface area contributed by atoms with Gasteiger partial charge in [-0.25, -0.2) is 0 Å². The van der Waals surface area contributed by atoms with Gasteiger partial charge in [0.2, 0.25) is 0 Å². The van der Waals surface area contributed by atoms with Gasteiger partial charge in [-0.15, -0.1) is 11.8 Å². The van der Waals surface area contributed by atoms with Crippen LogP contribution in [0.4, 0.5) is 0 Å². The summed E-state index contributed by atoms with van der Waals surface area (Å²) in [5, 5.41) is 3.30. The third-order valence-electron chi connectivity index (χ3n) is 3.35. The molecular weight excluding hydrogens is 266 g/mol. The molecule has 1 unspecified atom stereocenters. The summed E-state index contributed by atoms with van der Waals surface area (Å²) in [5.41, 5.74) is 2.57. The summed E-state index contributed by atoms with van der Waals surface area (Å²) in [6.07, 6.45) is 0. The van der Waals surface area contributed by atoms with Gasteiger partial charge >= 0.3 is 0 Å². The molecule has 0 spiro atoms. The second-order valence-corrected chi connectivity index (χ2v) is 5.67. The van der Waals surface area contributed by atoms with Gasteiger partial charge in [-0.2, -0.15) is 0 Å². The maximum atomic E-state index is 5.51. The Kier molecular flexibility index (Phi) is 5.50. The Hall–Kier alpha value is -1.45. The van der Waals surface area contributed by atoms with Gasteiger partial charge in [-0.3, -0.25) is 0 Å². The minimum Gasteiger partial charge on any atom is -0.496 e. The van der Waals surface area contributed by atoms with Crippen LogP contribution in [0, 0.1) is 0 Å². The van der Waals surface area contributed by atoms with Crippen LogP contribution < -0.4 is 10.1 Å². The van der Waals surface area contributed by atoms with E-state index in [9.17, 15) is 0 Å². The Bertz CT molecular complexity index is 542. The molecule has 0 amide bonds. The fraction of sp³-hybridized carbons (Fsp3) is 0.294. The quantitative estimate of drug-likeness (QED) is 0.802. The van der Waals surface area contributed by atoms with E-state index in [2.05, 4.69) is 48.6 Å². The van der Waals surface area contributed by atoms with Crippen LogP contribution in [-0.2, 0) is 5.75 Å². The monoisotopic (exact) mass is 287 g/mol. The molecule has 0 aliphatic rings. The Morgan fingerprint density at radius 1 is 1.10 bits per heavy atom. The lowest BCUT2D eigenvalue weighted by molar-refractivity contribution is 0.401.